The fraction of sp³-hybridized carbons (Fsp3) is 0.429. The second-order valence-corrected chi connectivity index (χ2v) is 11.2. The Hall–Kier alpha value is -1.93. The SMILES string of the molecule is FC(F)(F)c1cc(Cl)cc(Sc2cc(Cl)cc(C(F)(F)F)c2C#CC2CCCC2)c1C#CC1CCCC1. The molecule has 4 rings (SSSR count). The van der Waals surface area contributed by atoms with Crippen molar-refractivity contribution in [2.75, 3.05) is 0 Å². The third kappa shape index (κ3) is 7.14. The van der Waals surface area contributed by atoms with Crippen LogP contribution in [0.5, 0.6) is 0 Å². The van der Waals surface area contributed by atoms with E-state index in [4.69, 9.17) is 23.2 Å². The predicted molar refractivity (Wildman–Crippen MR) is 135 cm³/mol. The highest BCUT2D eigenvalue weighted by molar-refractivity contribution is 7.99. The normalized spacial score (nSPS) is 16.9. The van der Waals surface area contributed by atoms with Gasteiger partial charge < -0.3 is 0 Å². The first-order valence-electron chi connectivity index (χ1n) is 11.9. The molecule has 0 spiro atoms. The second kappa shape index (κ2) is 11.4. The van der Waals surface area contributed by atoms with Crippen LogP contribution in [-0.2, 0) is 12.4 Å². The molecule has 0 unspecified atom stereocenters. The van der Waals surface area contributed by atoms with Gasteiger partial charge in [-0.25, -0.2) is 0 Å². The van der Waals surface area contributed by atoms with E-state index in [1.165, 1.54) is 12.1 Å². The maximum absolute atomic E-state index is 14.0. The van der Waals surface area contributed by atoms with Crippen molar-refractivity contribution in [3.8, 4) is 23.7 Å². The molecule has 0 nitrogen and oxygen atoms in total. The van der Waals surface area contributed by atoms with Crippen LogP contribution in [0.4, 0.5) is 26.3 Å². The van der Waals surface area contributed by atoms with E-state index >= 15 is 0 Å². The topological polar surface area (TPSA) is 0 Å². The quantitative estimate of drug-likeness (QED) is 0.254. The Morgan fingerprint density at radius 1 is 0.622 bits per heavy atom. The monoisotopic (exact) mass is 574 g/mol. The zero-order valence-corrected chi connectivity index (χ0v) is 21.9. The molecule has 0 radical (unpaired) electrons. The summed E-state index contributed by atoms with van der Waals surface area (Å²) in [6.07, 6.45) is -2.48. The lowest BCUT2D eigenvalue weighted by atomic mass is 10.0. The molecule has 2 aliphatic rings. The van der Waals surface area contributed by atoms with Crippen molar-refractivity contribution in [1.29, 1.82) is 0 Å². The molecule has 196 valence electrons. The summed E-state index contributed by atoms with van der Waals surface area (Å²) in [5, 5.41) is -0.393. The van der Waals surface area contributed by atoms with E-state index in [0.717, 1.165) is 75.3 Å². The molecule has 2 aromatic carbocycles. The van der Waals surface area contributed by atoms with Crippen LogP contribution in [0, 0.1) is 35.5 Å². The Morgan fingerprint density at radius 2 is 0.973 bits per heavy atom. The molecule has 0 heterocycles. The van der Waals surface area contributed by atoms with Crippen LogP contribution in [0.25, 0.3) is 0 Å². The highest BCUT2D eigenvalue weighted by Gasteiger charge is 2.37. The molecule has 2 aromatic rings. The largest absolute Gasteiger partial charge is 0.417 e. The lowest BCUT2D eigenvalue weighted by Gasteiger charge is -2.17. The van der Waals surface area contributed by atoms with Gasteiger partial charge in [-0.05, 0) is 49.9 Å². The zero-order chi connectivity index (χ0) is 26.8. The number of rotatable bonds is 2. The molecule has 0 aliphatic heterocycles. The number of halogens is 8. The van der Waals surface area contributed by atoms with Crippen LogP contribution in [0.15, 0.2) is 34.1 Å². The first-order valence-corrected chi connectivity index (χ1v) is 13.5. The average Bonchev–Trinajstić information content (AvgIpc) is 3.50. The van der Waals surface area contributed by atoms with Gasteiger partial charge in [0.05, 0.1) is 22.3 Å². The second-order valence-electron chi connectivity index (χ2n) is 9.25. The van der Waals surface area contributed by atoms with Gasteiger partial charge in [0.1, 0.15) is 0 Å². The predicted octanol–water partition coefficient (Wildman–Crippen LogP) is 10.3. The number of benzene rings is 2. The van der Waals surface area contributed by atoms with Crippen LogP contribution >= 0.6 is 35.0 Å². The summed E-state index contributed by atoms with van der Waals surface area (Å²) in [5.74, 6) is 11.2. The number of hydrogen-bond acceptors (Lipinski definition) is 1. The summed E-state index contributed by atoms with van der Waals surface area (Å²) in [4.78, 5) is 0.00857. The van der Waals surface area contributed by atoms with Gasteiger partial charge >= 0.3 is 12.4 Å². The standard InChI is InChI=1S/C28H22Cl2F6S/c29-19-13-23(27(31,32)33)21(11-9-17-5-1-2-6-17)25(15-19)37-26-16-20(30)14-24(28(34,35)36)22(26)12-10-18-7-3-4-8-18/h13-18H,1-8H2. The minimum atomic E-state index is -4.75. The molecular formula is C28H22Cl2F6S. The van der Waals surface area contributed by atoms with Crippen molar-refractivity contribution in [1.82, 2.24) is 0 Å². The lowest BCUT2D eigenvalue weighted by Crippen LogP contribution is -2.10. The molecule has 0 atom stereocenters. The molecule has 2 fully saturated rings. The Balaban J connectivity index is 1.87. The third-order valence-electron chi connectivity index (χ3n) is 6.48. The zero-order valence-electron chi connectivity index (χ0n) is 19.6. The molecule has 2 aliphatic carbocycles. The number of hydrogen-bond donors (Lipinski definition) is 0. The van der Waals surface area contributed by atoms with E-state index in [-0.39, 0.29) is 42.8 Å². The van der Waals surface area contributed by atoms with E-state index in [1.54, 1.807) is 0 Å². The van der Waals surface area contributed by atoms with Crippen molar-refractivity contribution >= 4 is 35.0 Å². The summed E-state index contributed by atoms with van der Waals surface area (Å²) < 4.78 is 83.9. The van der Waals surface area contributed by atoms with Crippen molar-refractivity contribution in [3.63, 3.8) is 0 Å². The highest BCUT2D eigenvalue weighted by Crippen LogP contribution is 2.44. The van der Waals surface area contributed by atoms with Crippen molar-refractivity contribution < 1.29 is 26.3 Å². The molecule has 37 heavy (non-hydrogen) atoms. The minimum Gasteiger partial charge on any atom is -0.166 e. The van der Waals surface area contributed by atoms with E-state index in [9.17, 15) is 26.3 Å². The summed E-state index contributed by atoms with van der Waals surface area (Å²) >= 11 is 12.8. The first kappa shape index (κ1) is 28.1. The Labute approximate surface area is 226 Å². The van der Waals surface area contributed by atoms with Crippen LogP contribution in [-0.4, -0.2) is 0 Å². The molecular weight excluding hydrogens is 553 g/mol. The van der Waals surface area contributed by atoms with Gasteiger partial charge in [-0.3, -0.25) is 0 Å². The van der Waals surface area contributed by atoms with Crippen LogP contribution < -0.4 is 0 Å². The first-order chi connectivity index (χ1) is 17.4. The molecule has 0 saturated heterocycles. The van der Waals surface area contributed by atoms with E-state index in [1.807, 2.05) is 0 Å². The minimum absolute atomic E-state index is 0.00429. The smallest absolute Gasteiger partial charge is 0.166 e. The molecule has 0 N–H and O–H groups in total. The average molecular weight is 575 g/mol. The van der Waals surface area contributed by atoms with E-state index < -0.39 is 23.5 Å². The van der Waals surface area contributed by atoms with E-state index in [2.05, 4.69) is 23.7 Å². The maximum atomic E-state index is 14.0. The van der Waals surface area contributed by atoms with Crippen molar-refractivity contribution in [3.05, 3.63) is 56.6 Å². The molecule has 0 amide bonds. The summed E-state index contributed by atoms with van der Waals surface area (Å²) in [7, 11) is 0. The van der Waals surface area contributed by atoms with Gasteiger partial charge in [-0.1, -0.05) is 84.3 Å². The van der Waals surface area contributed by atoms with Crippen molar-refractivity contribution in [2.24, 2.45) is 11.8 Å². The third-order valence-corrected chi connectivity index (χ3v) is 8.00. The van der Waals surface area contributed by atoms with Gasteiger partial charge in [0.15, 0.2) is 0 Å². The van der Waals surface area contributed by atoms with Crippen LogP contribution in [0.1, 0.15) is 73.6 Å². The van der Waals surface area contributed by atoms with Gasteiger partial charge in [0, 0.05) is 31.7 Å². The Morgan fingerprint density at radius 3 is 1.30 bits per heavy atom. The van der Waals surface area contributed by atoms with Gasteiger partial charge in [-0.2, -0.15) is 26.3 Å². The van der Waals surface area contributed by atoms with Gasteiger partial charge in [0.2, 0.25) is 0 Å². The summed E-state index contributed by atoms with van der Waals surface area (Å²) in [5.41, 5.74) is -2.66. The van der Waals surface area contributed by atoms with Gasteiger partial charge in [-0.15, -0.1) is 0 Å². The Bertz CT molecular complexity index is 1180. The molecule has 9 heteroatoms. The van der Waals surface area contributed by atoms with Crippen molar-refractivity contribution in [2.45, 2.75) is 73.5 Å². The molecule has 2 saturated carbocycles. The number of alkyl halides is 6. The van der Waals surface area contributed by atoms with Crippen LogP contribution in [0.3, 0.4) is 0 Å². The summed E-state index contributed by atoms with van der Waals surface area (Å²) in [6, 6.07) is 4.18. The fourth-order valence-corrected chi connectivity index (χ4v) is 6.34. The molecule has 0 bridgehead atoms. The lowest BCUT2D eigenvalue weighted by molar-refractivity contribution is -0.138. The Kier molecular flexibility index (Phi) is 8.68. The molecule has 0 aromatic heterocycles. The fourth-order valence-electron chi connectivity index (χ4n) is 4.64. The van der Waals surface area contributed by atoms with E-state index in [0.29, 0.717) is 0 Å². The maximum Gasteiger partial charge on any atom is 0.417 e. The van der Waals surface area contributed by atoms with Crippen LogP contribution in [0.2, 0.25) is 10.0 Å². The summed E-state index contributed by atoms with van der Waals surface area (Å²) in [6.45, 7) is 0. The highest BCUT2D eigenvalue weighted by atomic mass is 35.5. The van der Waals surface area contributed by atoms with Gasteiger partial charge in [0.25, 0.3) is 0 Å².